The van der Waals surface area contributed by atoms with Crippen molar-refractivity contribution in [2.75, 3.05) is 59.0 Å². The van der Waals surface area contributed by atoms with Crippen LogP contribution in [0.1, 0.15) is 26.7 Å². The van der Waals surface area contributed by atoms with Crippen molar-refractivity contribution in [3.8, 4) is 0 Å². The molecule has 2 amide bonds. The SMILES string of the molecule is CCN(CC)C(=O)N1CCC(CN2CCOCC2)CC1. The zero-order chi connectivity index (χ0) is 14.4. The molecule has 5 nitrogen and oxygen atoms in total. The van der Waals surface area contributed by atoms with Crippen LogP contribution in [-0.4, -0.2) is 79.8 Å². The number of amides is 2. The van der Waals surface area contributed by atoms with Crippen LogP contribution in [0, 0.1) is 5.92 Å². The van der Waals surface area contributed by atoms with E-state index in [1.54, 1.807) is 0 Å². The normalized spacial score (nSPS) is 22.0. The maximum Gasteiger partial charge on any atom is 0.319 e. The van der Waals surface area contributed by atoms with Crippen LogP contribution < -0.4 is 0 Å². The first-order valence-corrected chi connectivity index (χ1v) is 8.08. The van der Waals surface area contributed by atoms with Crippen LogP contribution >= 0.6 is 0 Å². The maximum absolute atomic E-state index is 12.3. The molecule has 0 spiro atoms. The molecule has 0 radical (unpaired) electrons. The van der Waals surface area contributed by atoms with Gasteiger partial charge in [-0.25, -0.2) is 4.79 Å². The molecule has 116 valence electrons. The van der Waals surface area contributed by atoms with Crippen LogP contribution in [0.3, 0.4) is 0 Å². The summed E-state index contributed by atoms with van der Waals surface area (Å²) < 4.78 is 5.39. The molecule has 0 N–H and O–H groups in total. The van der Waals surface area contributed by atoms with Crippen LogP contribution in [-0.2, 0) is 4.74 Å². The van der Waals surface area contributed by atoms with E-state index < -0.39 is 0 Å². The molecule has 2 rings (SSSR count). The molecule has 2 aliphatic rings. The highest BCUT2D eigenvalue weighted by atomic mass is 16.5. The average Bonchev–Trinajstić information content (AvgIpc) is 2.50. The average molecular weight is 283 g/mol. The van der Waals surface area contributed by atoms with Crippen molar-refractivity contribution in [1.29, 1.82) is 0 Å². The molecular formula is C15H29N3O2. The lowest BCUT2D eigenvalue weighted by Gasteiger charge is -2.37. The third-order valence-corrected chi connectivity index (χ3v) is 4.54. The number of nitrogens with zero attached hydrogens (tertiary/aromatic N) is 3. The minimum Gasteiger partial charge on any atom is -0.379 e. The summed E-state index contributed by atoms with van der Waals surface area (Å²) >= 11 is 0. The highest BCUT2D eigenvalue weighted by Crippen LogP contribution is 2.20. The van der Waals surface area contributed by atoms with Gasteiger partial charge in [0.2, 0.25) is 0 Å². The van der Waals surface area contributed by atoms with Crippen molar-refractivity contribution in [3.05, 3.63) is 0 Å². The Morgan fingerprint density at radius 2 is 1.70 bits per heavy atom. The Morgan fingerprint density at radius 1 is 1.10 bits per heavy atom. The molecule has 0 unspecified atom stereocenters. The lowest BCUT2D eigenvalue weighted by molar-refractivity contribution is 0.0253. The quantitative estimate of drug-likeness (QED) is 0.784. The summed E-state index contributed by atoms with van der Waals surface area (Å²) in [7, 11) is 0. The van der Waals surface area contributed by atoms with E-state index in [4.69, 9.17) is 4.74 Å². The van der Waals surface area contributed by atoms with Gasteiger partial charge < -0.3 is 14.5 Å². The molecule has 2 heterocycles. The number of hydrogen-bond donors (Lipinski definition) is 0. The second-order valence-corrected chi connectivity index (χ2v) is 5.80. The van der Waals surface area contributed by atoms with Crippen LogP contribution in [0.2, 0.25) is 0 Å². The number of carbonyl (C=O) groups is 1. The van der Waals surface area contributed by atoms with Crippen molar-refractivity contribution < 1.29 is 9.53 Å². The van der Waals surface area contributed by atoms with Gasteiger partial charge in [0.15, 0.2) is 0 Å². The molecule has 0 atom stereocenters. The van der Waals surface area contributed by atoms with E-state index in [9.17, 15) is 4.79 Å². The minimum absolute atomic E-state index is 0.222. The summed E-state index contributed by atoms with van der Waals surface area (Å²) in [4.78, 5) is 18.7. The topological polar surface area (TPSA) is 36.0 Å². The Kier molecular flexibility index (Phi) is 6.10. The number of rotatable bonds is 4. The minimum atomic E-state index is 0.222. The fourth-order valence-corrected chi connectivity index (χ4v) is 3.15. The molecule has 2 saturated heterocycles. The fraction of sp³-hybridized carbons (Fsp3) is 0.933. The number of morpholine rings is 1. The standard InChI is InChI=1S/C15H29N3O2/c1-3-17(4-2)15(19)18-7-5-14(6-8-18)13-16-9-11-20-12-10-16/h14H,3-13H2,1-2H3. The van der Waals surface area contributed by atoms with Crippen LogP contribution in [0.25, 0.3) is 0 Å². The zero-order valence-electron chi connectivity index (χ0n) is 13.0. The molecule has 2 aliphatic heterocycles. The van der Waals surface area contributed by atoms with Gasteiger partial charge in [0.1, 0.15) is 0 Å². The first kappa shape index (κ1) is 15.6. The van der Waals surface area contributed by atoms with Crippen LogP contribution in [0.15, 0.2) is 0 Å². The lowest BCUT2D eigenvalue weighted by Crippen LogP contribution is -2.48. The second-order valence-electron chi connectivity index (χ2n) is 5.80. The first-order valence-electron chi connectivity index (χ1n) is 8.08. The van der Waals surface area contributed by atoms with Crippen LogP contribution in [0.5, 0.6) is 0 Å². The lowest BCUT2D eigenvalue weighted by atomic mass is 9.96. The first-order chi connectivity index (χ1) is 9.74. The van der Waals surface area contributed by atoms with E-state index in [1.165, 1.54) is 6.54 Å². The molecule has 5 heteroatoms. The zero-order valence-corrected chi connectivity index (χ0v) is 13.0. The third-order valence-electron chi connectivity index (χ3n) is 4.54. The van der Waals surface area contributed by atoms with E-state index in [0.717, 1.165) is 71.2 Å². The predicted molar refractivity (Wildman–Crippen MR) is 79.9 cm³/mol. The van der Waals surface area contributed by atoms with Crippen molar-refractivity contribution in [2.45, 2.75) is 26.7 Å². The number of urea groups is 1. The van der Waals surface area contributed by atoms with Gasteiger partial charge in [0.05, 0.1) is 13.2 Å². The van der Waals surface area contributed by atoms with Crippen molar-refractivity contribution in [3.63, 3.8) is 0 Å². The molecule has 0 aromatic heterocycles. The van der Waals surface area contributed by atoms with Crippen LogP contribution in [0.4, 0.5) is 4.79 Å². The molecule has 0 aromatic carbocycles. The smallest absolute Gasteiger partial charge is 0.319 e. The van der Waals surface area contributed by atoms with Gasteiger partial charge in [0, 0.05) is 45.8 Å². The number of piperidine rings is 1. The molecule has 0 aromatic rings. The van der Waals surface area contributed by atoms with E-state index in [-0.39, 0.29) is 6.03 Å². The Balaban J connectivity index is 1.72. The van der Waals surface area contributed by atoms with Gasteiger partial charge in [-0.1, -0.05) is 0 Å². The Hall–Kier alpha value is -0.810. The summed E-state index contributed by atoms with van der Waals surface area (Å²) in [5.41, 5.74) is 0. The van der Waals surface area contributed by atoms with E-state index in [2.05, 4.69) is 4.90 Å². The van der Waals surface area contributed by atoms with Gasteiger partial charge in [-0.05, 0) is 32.6 Å². The molecule has 0 aliphatic carbocycles. The van der Waals surface area contributed by atoms with Gasteiger partial charge in [-0.15, -0.1) is 0 Å². The third kappa shape index (κ3) is 4.09. The number of likely N-dealkylation sites (tertiary alicyclic amines) is 1. The summed E-state index contributed by atoms with van der Waals surface area (Å²) in [5, 5.41) is 0. The monoisotopic (exact) mass is 283 g/mol. The van der Waals surface area contributed by atoms with E-state index >= 15 is 0 Å². The van der Waals surface area contributed by atoms with E-state index in [0.29, 0.717) is 0 Å². The maximum atomic E-state index is 12.3. The predicted octanol–water partition coefficient (Wildman–Crippen LogP) is 1.49. The second kappa shape index (κ2) is 7.84. The van der Waals surface area contributed by atoms with Gasteiger partial charge in [0.25, 0.3) is 0 Å². The molecule has 0 bridgehead atoms. The van der Waals surface area contributed by atoms with Crippen molar-refractivity contribution in [2.24, 2.45) is 5.92 Å². The summed E-state index contributed by atoms with van der Waals surface area (Å²) in [6.45, 7) is 12.6. The Bertz CT molecular complexity index is 293. The van der Waals surface area contributed by atoms with Crippen molar-refractivity contribution in [1.82, 2.24) is 14.7 Å². The highest BCUT2D eigenvalue weighted by molar-refractivity contribution is 5.74. The Labute approximate surface area is 122 Å². The highest BCUT2D eigenvalue weighted by Gasteiger charge is 2.26. The number of carbonyl (C=O) groups excluding carboxylic acids is 1. The molecule has 2 fully saturated rings. The van der Waals surface area contributed by atoms with Gasteiger partial charge in [-0.3, -0.25) is 4.90 Å². The fourth-order valence-electron chi connectivity index (χ4n) is 3.15. The molecule has 20 heavy (non-hydrogen) atoms. The van der Waals surface area contributed by atoms with Crippen molar-refractivity contribution >= 4 is 6.03 Å². The van der Waals surface area contributed by atoms with Gasteiger partial charge in [-0.2, -0.15) is 0 Å². The number of ether oxygens (including phenoxy) is 1. The summed E-state index contributed by atoms with van der Waals surface area (Å²) in [6.07, 6.45) is 2.29. The Morgan fingerprint density at radius 3 is 2.25 bits per heavy atom. The largest absolute Gasteiger partial charge is 0.379 e. The number of hydrogen-bond acceptors (Lipinski definition) is 3. The molecule has 0 saturated carbocycles. The summed E-state index contributed by atoms with van der Waals surface area (Å²) in [6, 6.07) is 0.222. The van der Waals surface area contributed by atoms with Gasteiger partial charge >= 0.3 is 6.03 Å². The van der Waals surface area contributed by atoms with E-state index in [1.807, 2.05) is 23.6 Å². The molecular weight excluding hydrogens is 254 g/mol. The summed E-state index contributed by atoms with van der Waals surface area (Å²) in [5.74, 6) is 0.744.